The van der Waals surface area contributed by atoms with Crippen LogP contribution in [-0.4, -0.2) is 5.11 Å². The van der Waals surface area contributed by atoms with Gasteiger partial charge in [-0.25, -0.2) is 0 Å². The fourth-order valence-electron chi connectivity index (χ4n) is 2.67. The topological polar surface area (TPSA) is 46.2 Å². The van der Waals surface area contributed by atoms with E-state index in [1.165, 1.54) is 19.3 Å². The summed E-state index contributed by atoms with van der Waals surface area (Å²) in [6.07, 6.45) is 5.69. The number of aliphatic hydroxyl groups excluding tert-OH is 1. The highest BCUT2D eigenvalue weighted by Gasteiger charge is 2.24. The lowest BCUT2D eigenvalue weighted by Crippen LogP contribution is -2.17. The predicted octanol–water partition coefficient (Wildman–Crippen LogP) is 3.19. The maximum atomic E-state index is 10.4. The molecule has 1 atom stereocenters. The van der Waals surface area contributed by atoms with Crippen LogP contribution in [0.25, 0.3) is 0 Å². The maximum Gasteiger partial charge on any atom is 0.0838 e. The molecule has 0 saturated heterocycles. The van der Waals surface area contributed by atoms with Gasteiger partial charge in [0, 0.05) is 11.3 Å². The van der Waals surface area contributed by atoms with E-state index in [9.17, 15) is 5.11 Å². The van der Waals surface area contributed by atoms with Gasteiger partial charge in [-0.2, -0.15) is 0 Å². The van der Waals surface area contributed by atoms with Crippen molar-refractivity contribution in [3.8, 4) is 0 Å². The molecule has 0 aliphatic heterocycles. The Labute approximate surface area is 97.5 Å². The minimum Gasteiger partial charge on any atom is -0.398 e. The molecular weight excluding hydrogens is 198 g/mol. The molecule has 0 radical (unpaired) electrons. The van der Waals surface area contributed by atoms with E-state index in [0.717, 1.165) is 29.7 Å². The van der Waals surface area contributed by atoms with Crippen LogP contribution in [0.2, 0.25) is 0 Å². The highest BCUT2D eigenvalue weighted by Crippen LogP contribution is 2.36. The molecule has 0 spiro atoms. The van der Waals surface area contributed by atoms with E-state index in [4.69, 9.17) is 5.73 Å². The zero-order valence-corrected chi connectivity index (χ0v) is 9.95. The quantitative estimate of drug-likeness (QED) is 0.750. The molecule has 1 aromatic carbocycles. The van der Waals surface area contributed by atoms with Crippen molar-refractivity contribution in [2.45, 2.75) is 45.1 Å². The normalized spacial score (nSPS) is 19.6. The second-order valence-corrected chi connectivity index (χ2v) is 4.92. The van der Waals surface area contributed by atoms with Crippen molar-refractivity contribution in [2.24, 2.45) is 5.92 Å². The fourth-order valence-corrected chi connectivity index (χ4v) is 2.67. The maximum absolute atomic E-state index is 10.4. The smallest absolute Gasteiger partial charge is 0.0838 e. The Morgan fingerprint density at radius 3 is 2.62 bits per heavy atom. The first kappa shape index (κ1) is 11.5. The Morgan fingerprint density at radius 2 is 1.94 bits per heavy atom. The van der Waals surface area contributed by atoms with E-state index in [-0.39, 0.29) is 6.10 Å². The largest absolute Gasteiger partial charge is 0.398 e. The third-order valence-corrected chi connectivity index (χ3v) is 3.77. The third kappa shape index (κ3) is 2.22. The van der Waals surface area contributed by atoms with Gasteiger partial charge in [-0.05, 0) is 31.2 Å². The summed E-state index contributed by atoms with van der Waals surface area (Å²) in [5.41, 5.74) is 8.78. The molecule has 16 heavy (non-hydrogen) atoms. The fraction of sp³-hybridized carbons (Fsp3) is 0.571. The molecular formula is C14H21NO. The molecule has 1 fully saturated rings. The number of rotatable bonds is 2. The third-order valence-electron chi connectivity index (χ3n) is 3.77. The summed E-state index contributed by atoms with van der Waals surface area (Å²) in [4.78, 5) is 0. The van der Waals surface area contributed by atoms with Gasteiger partial charge in [0.15, 0.2) is 0 Å². The van der Waals surface area contributed by atoms with Crippen LogP contribution in [-0.2, 0) is 0 Å². The molecule has 1 unspecified atom stereocenters. The zero-order chi connectivity index (χ0) is 11.5. The van der Waals surface area contributed by atoms with Crippen LogP contribution < -0.4 is 5.73 Å². The summed E-state index contributed by atoms with van der Waals surface area (Å²) >= 11 is 0. The van der Waals surface area contributed by atoms with Crippen LogP contribution in [0.15, 0.2) is 18.2 Å². The van der Waals surface area contributed by atoms with Crippen LogP contribution >= 0.6 is 0 Å². The number of nitrogens with two attached hydrogens (primary N) is 1. The Hall–Kier alpha value is -1.02. The molecule has 1 saturated carbocycles. The molecule has 3 N–H and O–H groups in total. The van der Waals surface area contributed by atoms with Gasteiger partial charge in [0.1, 0.15) is 0 Å². The number of aryl methyl sites for hydroxylation is 1. The van der Waals surface area contributed by atoms with Gasteiger partial charge in [-0.1, -0.05) is 37.5 Å². The second-order valence-electron chi connectivity index (χ2n) is 4.92. The first-order valence-electron chi connectivity index (χ1n) is 6.23. The Bertz CT molecular complexity index is 356. The highest BCUT2D eigenvalue weighted by molar-refractivity contribution is 5.54. The Kier molecular flexibility index (Phi) is 3.49. The average molecular weight is 219 g/mol. The molecule has 0 heterocycles. The van der Waals surface area contributed by atoms with E-state index in [2.05, 4.69) is 0 Å². The van der Waals surface area contributed by atoms with E-state index >= 15 is 0 Å². The summed E-state index contributed by atoms with van der Waals surface area (Å²) in [6, 6.07) is 5.93. The van der Waals surface area contributed by atoms with Gasteiger partial charge in [-0.15, -0.1) is 0 Å². The SMILES string of the molecule is Cc1cccc(C(O)C2CCCCC2)c1N. The van der Waals surface area contributed by atoms with Crippen molar-refractivity contribution in [1.82, 2.24) is 0 Å². The van der Waals surface area contributed by atoms with Crippen molar-refractivity contribution in [1.29, 1.82) is 0 Å². The van der Waals surface area contributed by atoms with Crippen molar-refractivity contribution < 1.29 is 5.11 Å². The molecule has 1 aromatic rings. The lowest BCUT2D eigenvalue weighted by molar-refractivity contribution is 0.0854. The van der Waals surface area contributed by atoms with Gasteiger partial charge in [-0.3, -0.25) is 0 Å². The number of hydrogen-bond acceptors (Lipinski definition) is 2. The number of anilines is 1. The van der Waals surface area contributed by atoms with Gasteiger partial charge in [0.25, 0.3) is 0 Å². The van der Waals surface area contributed by atoms with Crippen LogP contribution in [0.3, 0.4) is 0 Å². The summed E-state index contributed by atoms with van der Waals surface area (Å²) in [7, 11) is 0. The number of aliphatic hydroxyl groups is 1. The summed E-state index contributed by atoms with van der Waals surface area (Å²) in [6.45, 7) is 1.99. The molecule has 0 aromatic heterocycles. The summed E-state index contributed by atoms with van der Waals surface area (Å²) in [5.74, 6) is 0.401. The van der Waals surface area contributed by atoms with Gasteiger partial charge in [0.2, 0.25) is 0 Å². The summed E-state index contributed by atoms with van der Waals surface area (Å²) < 4.78 is 0. The molecule has 0 bridgehead atoms. The second kappa shape index (κ2) is 4.88. The minimum absolute atomic E-state index is 0.375. The Morgan fingerprint density at radius 1 is 1.25 bits per heavy atom. The molecule has 2 rings (SSSR count). The van der Waals surface area contributed by atoms with Crippen LogP contribution in [0.5, 0.6) is 0 Å². The number of benzene rings is 1. The number of para-hydroxylation sites is 1. The number of nitrogen functional groups attached to an aromatic ring is 1. The van der Waals surface area contributed by atoms with Crippen LogP contribution in [0, 0.1) is 12.8 Å². The van der Waals surface area contributed by atoms with Gasteiger partial charge >= 0.3 is 0 Å². The highest BCUT2D eigenvalue weighted by atomic mass is 16.3. The van der Waals surface area contributed by atoms with Crippen molar-refractivity contribution in [3.63, 3.8) is 0 Å². The Balaban J connectivity index is 2.19. The van der Waals surface area contributed by atoms with Gasteiger partial charge in [0.05, 0.1) is 6.10 Å². The van der Waals surface area contributed by atoms with Crippen LogP contribution in [0.1, 0.15) is 49.3 Å². The molecule has 88 valence electrons. The molecule has 1 aliphatic carbocycles. The standard InChI is InChI=1S/C14H21NO/c1-10-6-5-9-12(13(10)15)14(16)11-7-3-2-4-8-11/h5-6,9,11,14,16H,2-4,7-8,15H2,1H3. The monoisotopic (exact) mass is 219 g/mol. The summed E-state index contributed by atoms with van der Waals surface area (Å²) in [5, 5.41) is 10.4. The molecule has 2 nitrogen and oxygen atoms in total. The lowest BCUT2D eigenvalue weighted by Gasteiger charge is -2.27. The van der Waals surface area contributed by atoms with Crippen molar-refractivity contribution >= 4 is 5.69 Å². The number of hydrogen-bond donors (Lipinski definition) is 2. The average Bonchev–Trinajstić information content (AvgIpc) is 2.33. The van der Waals surface area contributed by atoms with E-state index < -0.39 is 0 Å². The molecule has 1 aliphatic rings. The zero-order valence-electron chi connectivity index (χ0n) is 9.95. The van der Waals surface area contributed by atoms with Crippen molar-refractivity contribution in [3.05, 3.63) is 29.3 Å². The minimum atomic E-state index is -0.375. The first-order valence-corrected chi connectivity index (χ1v) is 6.23. The lowest BCUT2D eigenvalue weighted by atomic mass is 9.82. The van der Waals surface area contributed by atoms with E-state index in [1.54, 1.807) is 0 Å². The molecule has 2 heteroatoms. The van der Waals surface area contributed by atoms with Gasteiger partial charge < -0.3 is 10.8 Å². The molecule has 0 amide bonds. The van der Waals surface area contributed by atoms with E-state index in [0.29, 0.717) is 5.92 Å². The van der Waals surface area contributed by atoms with Crippen molar-refractivity contribution in [2.75, 3.05) is 5.73 Å². The first-order chi connectivity index (χ1) is 7.70. The predicted molar refractivity (Wildman–Crippen MR) is 67.1 cm³/mol. The van der Waals surface area contributed by atoms with Crippen LogP contribution in [0.4, 0.5) is 5.69 Å². The van der Waals surface area contributed by atoms with E-state index in [1.807, 2.05) is 25.1 Å².